The maximum atomic E-state index is 10.2. The molecule has 1 aromatic carbocycles. The minimum Gasteiger partial charge on any atom is -0.497 e. The number of nitrogens with one attached hydrogen (secondary N) is 1. The summed E-state index contributed by atoms with van der Waals surface area (Å²) in [5.41, 5.74) is 0.0748. The minimum absolute atomic E-state index is 0.0748. The molecular weight excluding hydrogens is 208 g/mol. The number of hydrogen-bond donors (Lipinski definition) is 1. The van der Waals surface area contributed by atoms with E-state index in [1.165, 1.54) is 45.2 Å². The highest BCUT2D eigenvalue weighted by molar-refractivity contribution is 5.35. The lowest BCUT2D eigenvalue weighted by Gasteiger charge is -1.96. The molecule has 0 amide bonds. The topological polar surface area (TPSA) is 64.4 Å². The Morgan fingerprint density at radius 2 is 1.81 bits per heavy atom. The number of nitrogens with zero attached hydrogens (tertiary/aromatic N) is 1. The van der Waals surface area contributed by atoms with Crippen LogP contribution in [-0.4, -0.2) is 25.1 Å². The Hall–Kier alpha value is -1.62. The number of rotatable bonds is 2. The molecule has 1 fully saturated rings. The number of methoxy groups -OCH3 is 1. The van der Waals surface area contributed by atoms with Crippen LogP contribution in [0.15, 0.2) is 24.3 Å². The van der Waals surface area contributed by atoms with Gasteiger partial charge in [-0.1, -0.05) is 0 Å². The molecule has 0 aliphatic carbocycles. The van der Waals surface area contributed by atoms with Crippen LogP contribution >= 0.6 is 0 Å². The molecule has 0 spiro atoms. The van der Waals surface area contributed by atoms with E-state index in [0.29, 0.717) is 5.75 Å². The van der Waals surface area contributed by atoms with Crippen molar-refractivity contribution in [2.45, 2.75) is 12.8 Å². The molecule has 0 radical (unpaired) electrons. The highest BCUT2D eigenvalue weighted by Gasteiger charge is 2.02. The van der Waals surface area contributed by atoms with Crippen LogP contribution in [0.5, 0.6) is 5.75 Å². The minimum atomic E-state index is -0.445. The van der Waals surface area contributed by atoms with Gasteiger partial charge in [-0.05, 0) is 38.1 Å². The van der Waals surface area contributed by atoms with Gasteiger partial charge in [-0.3, -0.25) is 10.1 Å². The van der Waals surface area contributed by atoms with Crippen LogP contribution in [0.25, 0.3) is 0 Å². The zero-order valence-electron chi connectivity index (χ0n) is 9.31. The van der Waals surface area contributed by atoms with Crippen molar-refractivity contribution in [2.24, 2.45) is 0 Å². The molecule has 1 aliphatic rings. The van der Waals surface area contributed by atoms with E-state index in [9.17, 15) is 10.1 Å². The zero-order chi connectivity index (χ0) is 11.8. The van der Waals surface area contributed by atoms with Gasteiger partial charge in [-0.25, -0.2) is 0 Å². The van der Waals surface area contributed by atoms with Crippen LogP contribution in [0, 0.1) is 10.1 Å². The Bertz CT molecular complexity index is 313. The van der Waals surface area contributed by atoms with E-state index < -0.39 is 4.92 Å². The monoisotopic (exact) mass is 224 g/mol. The summed E-state index contributed by atoms with van der Waals surface area (Å²) >= 11 is 0. The number of nitro groups is 1. The molecule has 0 aromatic heterocycles. The summed E-state index contributed by atoms with van der Waals surface area (Å²) < 4.78 is 4.83. The molecule has 0 bridgehead atoms. The summed E-state index contributed by atoms with van der Waals surface area (Å²) in [4.78, 5) is 9.72. The molecule has 1 aliphatic heterocycles. The fourth-order valence-electron chi connectivity index (χ4n) is 1.33. The first-order chi connectivity index (χ1) is 7.74. The van der Waals surface area contributed by atoms with Crippen molar-refractivity contribution >= 4 is 5.69 Å². The van der Waals surface area contributed by atoms with Gasteiger partial charge in [0.2, 0.25) is 0 Å². The molecule has 0 saturated carbocycles. The Morgan fingerprint density at radius 3 is 2.12 bits per heavy atom. The Labute approximate surface area is 94.6 Å². The van der Waals surface area contributed by atoms with E-state index in [2.05, 4.69) is 5.32 Å². The first-order valence-corrected chi connectivity index (χ1v) is 5.23. The van der Waals surface area contributed by atoms with Crippen LogP contribution < -0.4 is 10.1 Å². The molecule has 2 rings (SSSR count). The molecule has 5 nitrogen and oxygen atoms in total. The van der Waals surface area contributed by atoms with Crippen LogP contribution in [-0.2, 0) is 0 Å². The lowest BCUT2D eigenvalue weighted by atomic mass is 10.3. The third-order valence-corrected chi connectivity index (χ3v) is 2.24. The lowest BCUT2D eigenvalue weighted by molar-refractivity contribution is -0.384. The maximum absolute atomic E-state index is 10.2. The lowest BCUT2D eigenvalue weighted by Crippen LogP contribution is -2.03. The van der Waals surface area contributed by atoms with Gasteiger partial charge in [0.25, 0.3) is 5.69 Å². The van der Waals surface area contributed by atoms with Crippen LogP contribution in [0.1, 0.15) is 12.8 Å². The summed E-state index contributed by atoms with van der Waals surface area (Å²) in [7, 11) is 1.52. The van der Waals surface area contributed by atoms with Gasteiger partial charge in [0.1, 0.15) is 5.75 Å². The third kappa shape index (κ3) is 4.27. The SMILES string of the molecule is C1CCNC1.COc1ccc([N+](=O)[O-])cc1. The van der Waals surface area contributed by atoms with Crippen molar-refractivity contribution in [3.63, 3.8) is 0 Å². The molecule has 1 aromatic rings. The van der Waals surface area contributed by atoms with Crippen molar-refractivity contribution in [3.05, 3.63) is 34.4 Å². The Kier molecular flexibility index (Phi) is 5.28. The normalized spacial score (nSPS) is 13.8. The molecule has 88 valence electrons. The van der Waals surface area contributed by atoms with Crippen molar-refractivity contribution < 1.29 is 9.66 Å². The average Bonchev–Trinajstić information content (AvgIpc) is 2.88. The first-order valence-electron chi connectivity index (χ1n) is 5.23. The molecule has 5 heteroatoms. The van der Waals surface area contributed by atoms with Crippen molar-refractivity contribution in [3.8, 4) is 5.75 Å². The van der Waals surface area contributed by atoms with Gasteiger partial charge in [0.05, 0.1) is 12.0 Å². The van der Waals surface area contributed by atoms with E-state index in [0.717, 1.165) is 0 Å². The predicted molar refractivity (Wildman–Crippen MR) is 61.8 cm³/mol. The molecule has 0 unspecified atom stereocenters. The molecule has 16 heavy (non-hydrogen) atoms. The smallest absolute Gasteiger partial charge is 0.269 e. The Morgan fingerprint density at radius 1 is 1.25 bits per heavy atom. The van der Waals surface area contributed by atoms with Gasteiger partial charge in [0.15, 0.2) is 0 Å². The third-order valence-electron chi connectivity index (χ3n) is 2.24. The Balaban J connectivity index is 0.000000212. The largest absolute Gasteiger partial charge is 0.497 e. The number of benzene rings is 1. The molecular formula is C11H16N2O3. The van der Waals surface area contributed by atoms with Gasteiger partial charge < -0.3 is 10.1 Å². The fraction of sp³-hybridized carbons (Fsp3) is 0.455. The molecule has 1 N–H and O–H groups in total. The summed E-state index contributed by atoms with van der Waals surface area (Å²) in [6.45, 7) is 2.50. The zero-order valence-corrected chi connectivity index (χ0v) is 9.31. The summed E-state index contributed by atoms with van der Waals surface area (Å²) in [6.07, 6.45) is 2.78. The van der Waals surface area contributed by atoms with Crippen molar-refractivity contribution in [2.75, 3.05) is 20.2 Å². The quantitative estimate of drug-likeness (QED) is 0.616. The second-order valence-electron chi connectivity index (χ2n) is 3.41. The van der Waals surface area contributed by atoms with Gasteiger partial charge >= 0.3 is 0 Å². The molecule has 0 atom stereocenters. The number of non-ortho nitro benzene ring substituents is 1. The van der Waals surface area contributed by atoms with Gasteiger partial charge in [0, 0.05) is 12.1 Å². The molecule has 1 heterocycles. The van der Waals surface area contributed by atoms with Crippen LogP contribution in [0.3, 0.4) is 0 Å². The first kappa shape index (κ1) is 12.4. The van der Waals surface area contributed by atoms with E-state index in [-0.39, 0.29) is 5.69 Å². The highest BCUT2D eigenvalue weighted by atomic mass is 16.6. The van der Waals surface area contributed by atoms with E-state index >= 15 is 0 Å². The standard InChI is InChI=1S/C7H7NO3.C4H9N/c1-11-7-4-2-6(3-5-7)8(9)10;1-2-4-5-3-1/h2-5H,1H3;5H,1-4H2. The maximum Gasteiger partial charge on any atom is 0.269 e. The van der Waals surface area contributed by atoms with Gasteiger partial charge in [-0.15, -0.1) is 0 Å². The predicted octanol–water partition coefficient (Wildman–Crippen LogP) is 1.97. The molecule has 1 saturated heterocycles. The van der Waals surface area contributed by atoms with E-state index in [4.69, 9.17) is 4.74 Å². The summed E-state index contributed by atoms with van der Waals surface area (Å²) in [5.74, 6) is 0.621. The second kappa shape index (κ2) is 6.79. The van der Waals surface area contributed by atoms with Crippen LogP contribution in [0.4, 0.5) is 5.69 Å². The van der Waals surface area contributed by atoms with E-state index in [1.54, 1.807) is 12.1 Å². The van der Waals surface area contributed by atoms with Gasteiger partial charge in [-0.2, -0.15) is 0 Å². The average molecular weight is 224 g/mol. The number of nitro benzene ring substituents is 1. The number of ether oxygens (including phenoxy) is 1. The summed E-state index contributed by atoms with van der Waals surface area (Å²) in [5, 5.41) is 13.4. The number of hydrogen-bond acceptors (Lipinski definition) is 4. The second-order valence-corrected chi connectivity index (χ2v) is 3.41. The summed E-state index contributed by atoms with van der Waals surface area (Å²) in [6, 6.07) is 5.91. The van der Waals surface area contributed by atoms with Crippen molar-refractivity contribution in [1.82, 2.24) is 5.32 Å². The fourth-order valence-corrected chi connectivity index (χ4v) is 1.33. The van der Waals surface area contributed by atoms with E-state index in [1.807, 2.05) is 0 Å². The van der Waals surface area contributed by atoms with Crippen molar-refractivity contribution in [1.29, 1.82) is 0 Å². The highest BCUT2D eigenvalue weighted by Crippen LogP contribution is 2.16. The van der Waals surface area contributed by atoms with Crippen LogP contribution in [0.2, 0.25) is 0 Å².